The Kier molecular flexibility index (Phi) is 6.99. The minimum absolute atomic E-state index is 0.150. The zero-order chi connectivity index (χ0) is 22.3. The Morgan fingerprint density at radius 2 is 1.84 bits per heavy atom. The molecule has 160 valence electrons. The number of rotatable bonds is 7. The summed E-state index contributed by atoms with van der Waals surface area (Å²) in [5.74, 6) is 0.597. The fourth-order valence-corrected chi connectivity index (χ4v) is 3.92. The molecule has 0 unspecified atom stereocenters. The summed E-state index contributed by atoms with van der Waals surface area (Å²) < 4.78 is 1.93. The van der Waals surface area contributed by atoms with Crippen LogP contribution in [-0.2, 0) is 4.79 Å². The van der Waals surface area contributed by atoms with Crippen LogP contribution in [-0.4, -0.2) is 32.6 Å². The molecule has 0 bridgehead atoms. The van der Waals surface area contributed by atoms with Crippen LogP contribution in [0.4, 0.5) is 0 Å². The Labute approximate surface area is 195 Å². The monoisotopic (exact) mass is 461 g/mol. The number of carbonyl (C=O) groups excluding carboxylic acids is 1. The summed E-state index contributed by atoms with van der Waals surface area (Å²) in [6, 6.07) is 25.1. The van der Waals surface area contributed by atoms with Gasteiger partial charge in [-0.2, -0.15) is 5.10 Å². The number of halogens is 1. The van der Waals surface area contributed by atoms with Gasteiger partial charge in [0.15, 0.2) is 11.0 Å². The van der Waals surface area contributed by atoms with E-state index in [4.69, 9.17) is 11.6 Å². The van der Waals surface area contributed by atoms with Crippen LogP contribution in [0.25, 0.3) is 17.1 Å². The standard InChI is InChI=1S/C24H20ClN5OS/c1-17-6-5-7-18(14-17)15-26-27-22(31)16-32-24-29-28-23(19-10-12-20(25)13-11-19)30(24)21-8-3-2-4-9-21/h2-15H,16H2,1H3,(H,27,31)/b26-15-. The van der Waals surface area contributed by atoms with E-state index in [1.165, 1.54) is 11.8 Å². The number of amides is 1. The van der Waals surface area contributed by atoms with Gasteiger partial charge in [-0.05, 0) is 48.9 Å². The maximum Gasteiger partial charge on any atom is 0.250 e. The molecule has 0 aliphatic heterocycles. The van der Waals surface area contributed by atoms with Crippen molar-refractivity contribution < 1.29 is 4.79 Å². The van der Waals surface area contributed by atoms with Crippen LogP contribution in [0.3, 0.4) is 0 Å². The quantitative estimate of drug-likeness (QED) is 0.235. The second-order valence-electron chi connectivity index (χ2n) is 6.98. The number of hydrogen-bond acceptors (Lipinski definition) is 5. The minimum atomic E-state index is -0.227. The van der Waals surface area contributed by atoms with Crippen LogP contribution in [0.1, 0.15) is 11.1 Å². The summed E-state index contributed by atoms with van der Waals surface area (Å²) >= 11 is 7.33. The van der Waals surface area contributed by atoms with Crippen molar-refractivity contribution in [2.24, 2.45) is 5.10 Å². The van der Waals surface area contributed by atoms with Gasteiger partial charge in [-0.3, -0.25) is 9.36 Å². The first-order valence-electron chi connectivity index (χ1n) is 9.88. The van der Waals surface area contributed by atoms with Crippen molar-refractivity contribution >= 4 is 35.5 Å². The van der Waals surface area contributed by atoms with Crippen LogP contribution < -0.4 is 5.43 Å². The van der Waals surface area contributed by atoms with Gasteiger partial charge in [0, 0.05) is 16.3 Å². The fourth-order valence-electron chi connectivity index (χ4n) is 3.05. The molecule has 0 saturated carbocycles. The maximum atomic E-state index is 12.3. The van der Waals surface area contributed by atoms with Gasteiger partial charge in [0.05, 0.1) is 12.0 Å². The van der Waals surface area contributed by atoms with Gasteiger partial charge >= 0.3 is 0 Å². The molecule has 4 aromatic rings. The molecule has 1 amide bonds. The van der Waals surface area contributed by atoms with Crippen molar-refractivity contribution in [3.05, 3.63) is 95.0 Å². The first kappa shape index (κ1) is 21.8. The molecular formula is C24H20ClN5OS. The van der Waals surface area contributed by atoms with Crippen molar-refractivity contribution in [1.82, 2.24) is 20.2 Å². The molecule has 8 heteroatoms. The summed E-state index contributed by atoms with van der Waals surface area (Å²) in [6.07, 6.45) is 1.63. The van der Waals surface area contributed by atoms with Crippen LogP contribution in [0.5, 0.6) is 0 Å². The lowest BCUT2D eigenvalue weighted by molar-refractivity contribution is -0.118. The Balaban J connectivity index is 1.49. The number of para-hydroxylation sites is 1. The number of aryl methyl sites for hydroxylation is 1. The fraction of sp³-hybridized carbons (Fsp3) is 0.0833. The molecule has 0 fully saturated rings. The predicted molar refractivity (Wildman–Crippen MR) is 129 cm³/mol. The van der Waals surface area contributed by atoms with E-state index >= 15 is 0 Å². The number of hydrazone groups is 1. The summed E-state index contributed by atoms with van der Waals surface area (Å²) in [7, 11) is 0. The van der Waals surface area contributed by atoms with Crippen molar-refractivity contribution in [1.29, 1.82) is 0 Å². The van der Waals surface area contributed by atoms with E-state index in [1.54, 1.807) is 6.21 Å². The van der Waals surface area contributed by atoms with Crippen molar-refractivity contribution in [2.45, 2.75) is 12.1 Å². The topological polar surface area (TPSA) is 72.2 Å². The summed E-state index contributed by atoms with van der Waals surface area (Å²) in [6.45, 7) is 2.01. The Bertz CT molecular complexity index is 1240. The summed E-state index contributed by atoms with van der Waals surface area (Å²) in [4.78, 5) is 12.3. The molecule has 1 heterocycles. The van der Waals surface area contributed by atoms with E-state index in [-0.39, 0.29) is 11.7 Å². The third-order valence-electron chi connectivity index (χ3n) is 4.53. The van der Waals surface area contributed by atoms with Gasteiger partial charge in [-0.15, -0.1) is 10.2 Å². The lowest BCUT2D eigenvalue weighted by atomic mass is 10.2. The molecule has 3 aromatic carbocycles. The molecule has 6 nitrogen and oxygen atoms in total. The van der Waals surface area contributed by atoms with E-state index in [9.17, 15) is 4.79 Å². The predicted octanol–water partition coefficient (Wildman–Crippen LogP) is 5.14. The van der Waals surface area contributed by atoms with Gasteiger partial charge < -0.3 is 0 Å². The molecule has 0 atom stereocenters. The highest BCUT2D eigenvalue weighted by Gasteiger charge is 2.17. The molecule has 0 saturated heterocycles. The van der Waals surface area contributed by atoms with E-state index in [0.717, 1.165) is 22.4 Å². The van der Waals surface area contributed by atoms with Crippen LogP contribution in [0, 0.1) is 6.92 Å². The molecule has 0 aliphatic rings. The van der Waals surface area contributed by atoms with Gasteiger partial charge in [0.25, 0.3) is 5.91 Å². The molecule has 1 N–H and O–H groups in total. The number of benzene rings is 3. The smallest absolute Gasteiger partial charge is 0.250 e. The lowest BCUT2D eigenvalue weighted by Gasteiger charge is -2.10. The second kappa shape index (κ2) is 10.3. The third kappa shape index (κ3) is 5.43. The molecule has 32 heavy (non-hydrogen) atoms. The number of nitrogens with zero attached hydrogens (tertiary/aromatic N) is 4. The number of thioether (sulfide) groups is 1. The second-order valence-corrected chi connectivity index (χ2v) is 8.36. The largest absolute Gasteiger partial charge is 0.272 e. The zero-order valence-corrected chi connectivity index (χ0v) is 18.8. The summed E-state index contributed by atoms with van der Waals surface area (Å²) in [5.41, 5.74) is 6.40. The van der Waals surface area contributed by atoms with Gasteiger partial charge in [-0.1, -0.05) is 71.4 Å². The SMILES string of the molecule is Cc1cccc(/C=N\NC(=O)CSc2nnc(-c3ccc(Cl)cc3)n2-c2ccccc2)c1. The first-order valence-corrected chi connectivity index (χ1v) is 11.2. The van der Waals surface area contributed by atoms with E-state index < -0.39 is 0 Å². The van der Waals surface area contributed by atoms with Crippen molar-refractivity contribution in [3.8, 4) is 17.1 Å². The number of hydrogen-bond donors (Lipinski definition) is 1. The van der Waals surface area contributed by atoms with Crippen molar-refractivity contribution in [2.75, 3.05) is 5.75 Å². The highest BCUT2D eigenvalue weighted by Crippen LogP contribution is 2.28. The van der Waals surface area contributed by atoms with E-state index in [2.05, 4.69) is 20.7 Å². The molecular weight excluding hydrogens is 442 g/mol. The van der Waals surface area contributed by atoms with E-state index in [1.807, 2.05) is 90.4 Å². The third-order valence-corrected chi connectivity index (χ3v) is 5.71. The molecule has 4 rings (SSSR count). The Morgan fingerprint density at radius 1 is 1.06 bits per heavy atom. The average Bonchev–Trinajstić information content (AvgIpc) is 3.23. The molecule has 0 radical (unpaired) electrons. The van der Waals surface area contributed by atoms with Gasteiger partial charge in [-0.25, -0.2) is 5.43 Å². The van der Waals surface area contributed by atoms with Crippen LogP contribution >= 0.6 is 23.4 Å². The number of aromatic nitrogens is 3. The number of nitrogens with one attached hydrogen (secondary N) is 1. The zero-order valence-electron chi connectivity index (χ0n) is 17.3. The normalized spacial score (nSPS) is 11.1. The molecule has 1 aromatic heterocycles. The van der Waals surface area contributed by atoms with Gasteiger partial charge in [0.2, 0.25) is 0 Å². The van der Waals surface area contributed by atoms with Crippen molar-refractivity contribution in [3.63, 3.8) is 0 Å². The number of carbonyl (C=O) groups is 1. The minimum Gasteiger partial charge on any atom is -0.272 e. The van der Waals surface area contributed by atoms with Crippen LogP contribution in [0.2, 0.25) is 5.02 Å². The van der Waals surface area contributed by atoms with Crippen LogP contribution in [0.15, 0.2) is 89.1 Å². The highest BCUT2D eigenvalue weighted by molar-refractivity contribution is 7.99. The molecule has 0 aliphatic carbocycles. The Hall–Kier alpha value is -3.42. The first-order chi connectivity index (χ1) is 15.6. The highest BCUT2D eigenvalue weighted by atomic mass is 35.5. The maximum absolute atomic E-state index is 12.3. The van der Waals surface area contributed by atoms with Gasteiger partial charge in [0.1, 0.15) is 0 Å². The summed E-state index contributed by atoms with van der Waals surface area (Å²) in [5, 5.41) is 14.0. The molecule has 0 spiro atoms. The lowest BCUT2D eigenvalue weighted by Crippen LogP contribution is -2.20. The van der Waals surface area contributed by atoms with E-state index in [0.29, 0.717) is 16.0 Å². The average molecular weight is 462 g/mol. The Morgan fingerprint density at radius 3 is 2.59 bits per heavy atom.